The Morgan fingerprint density at radius 3 is 2.43 bits per heavy atom. The van der Waals surface area contributed by atoms with Gasteiger partial charge in [-0.2, -0.15) is 10.1 Å². The molecule has 3 aromatic rings. The van der Waals surface area contributed by atoms with Crippen LogP contribution in [-0.2, 0) is 0 Å². The number of amidine groups is 1. The maximum absolute atomic E-state index is 12.4. The van der Waals surface area contributed by atoms with E-state index in [4.69, 9.17) is 9.84 Å². The molecular weight excluding hydrogens is 464 g/mol. The molecule has 3 aromatic carbocycles. The zero-order chi connectivity index (χ0) is 24.4. The molecule has 1 atom stereocenters. The highest BCUT2D eigenvalue weighted by Crippen LogP contribution is 2.40. The van der Waals surface area contributed by atoms with Gasteiger partial charge in [0, 0.05) is 18.6 Å². The first-order valence-corrected chi connectivity index (χ1v) is 11.7. The lowest BCUT2D eigenvalue weighted by molar-refractivity contribution is -0.384. The van der Waals surface area contributed by atoms with Crippen LogP contribution in [0.25, 0.3) is 6.08 Å². The number of aliphatic imine (C=N–C) groups is 1. The van der Waals surface area contributed by atoms with Gasteiger partial charge in [-0.05, 0) is 58.8 Å². The molecular formula is C26H20N4O4S. The summed E-state index contributed by atoms with van der Waals surface area (Å²) in [7, 11) is 1.62. The van der Waals surface area contributed by atoms with Crippen molar-refractivity contribution in [3.05, 3.63) is 111 Å². The summed E-state index contributed by atoms with van der Waals surface area (Å²) < 4.78 is 5.30. The van der Waals surface area contributed by atoms with E-state index in [1.807, 2.05) is 54.6 Å². The molecule has 1 unspecified atom stereocenters. The van der Waals surface area contributed by atoms with Gasteiger partial charge in [-0.3, -0.25) is 14.9 Å². The Morgan fingerprint density at radius 2 is 1.77 bits per heavy atom. The van der Waals surface area contributed by atoms with Gasteiger partial charge in [0.05, 0.1) is 28.7 Å². The van der Waals surface area contributed by atoms with Gasteiger partial charge in [-0.1, -0.05) is 42.5 Å². The minimum Gasteiger partial charge on any atom is -0.497 e. The molecule has 0 N–H and O–H groups in total. The molecule has 9 heteroatoms. The number of methoxy groups -OCH3 is 1. The van der Waals surface area contributed by atoms with E-state index >= 15 is 0 Å². The van der Waals surface area contributed by atoms with Crippen molar-refractivity contribution in [3.8, 4) is 5.75 Å². The number of rotatable bonds is 5. The highest BCUT2D eigenvalue weighted by atomic mass is 32.2. The van der Waals surface area contributed by atoms with E-state index in [2.05, 4.69) is 4.99 Å². The Bertz CT molecular complexity index is 1370. The van der Waals surface area contributed by atoms with E-state index < -0.39 is 4.92 Å². The highest BCUT2D eigenvalue weighted by Gasteiger charge is 2.36. The van der Waals surface area contributed by atoms with Gasteiger partial charge in [0.15, 0.2) is 5.84 Å². The number of benzene rings is 3. The first kappa shape index (κ1) is 22.5. The fourth-order valence-corrected chi connectivity index (χ4v) is 4.75. The van der Waals surface area contributed by atoms with Gasteiger partial charge in [-0.25, -0.2) is 5.01 Å². The number of amides is 1. The van der Waals surface area contributed by atoms with Gasteiger partial charge in [0.2, 0.25) is 0 Å². The second-order valence-electron chi connectivity index (χ2n) is 7.91. The minimum atomic E-state index is -0.443. The Balaban J connectivity index is 1.53. The molecule has 0 aliphatic carbocycles. The molecule has 2 aliphatic heterocycles. The number of hydrogen-bond donors (Lipinski definition) is 0. The Morgan fingerprint density at radius 1 is 1.06 bits per heavy atom. The van der Waals surface area contributed by atoms with E-state index in [0.717, 1.165) is 39.9 Å². The molecule has 0 saturated heterocycles. The molecule has 0 aromatic heterocycles. The third kappa shape index (κ3) is 4.71. The molecule has 174 valence electrons. The maximum atomic E-state index is 12.4. The quantitative estimate of drug-likeness (QED) is 0.322. The van der Waals surface area contributed by atoms with Crippen LogP contribution in [0.1, 0.15) is 29.2 Å². The van der Waals surface area contributed by atoms with E-state index in [1.165, 1.54) is 12.1 Å². The molecule has 1 amide bonds. The molecule has 2 heterocycles. The van der Waals surface area contributed by atoms with Crippen molar-refractivity contribution in [2.75, 3.05) is 7.11 Å². The van der Waals surface area contributed by atoms with Crippen molar-refractivity contribution in [3.63, 3.8) is 0 Å². The van der Waals surface area contributed by atoms with Gasteiger partial charge in [-0.15, -0.1) is 0 Å². The predicted octanol–water partition coefficient (Wildman–Crippen LogP) is 6.06. The summed E-state index contributed by atoms with van der Waals surface area (Å²) >= 11 is 1.02. The summed E-state index contributed by atoms with van der Waals surface area (Å²) in [6.45, 7) is 0. The van der Waals surface area contributed by atoms with Crippen molar-refractivity contribution in [2.24, 2.45) is 10.1 Å². The van der Waals surface area contributed by atoms with Crippen LogP contribution in [-0.4, -0.2) is 33.8 Å². The average Bonchev–Trinajstić information content (AvgIpc) is 3.48. The summed E-state index contributed by atoms with van der Waals surface area (Å²) in [5, 5.41) is 17.4. The number of thioether (sulfide) groups is 1. The summed E-state index contributed by atoms with van der Waals surface area (Å²) in [6, 6.07) is 23.7. The summed E-state index contributed by atoms with van der Waals surface area (Å²) in [5.74, 6) is 1.22. The molecule has 2 aliphatic rings. The van der Waals surface area contributed by atoms with Crippen molar-refractivity contribution in [2.45, 2.75) is 12.5 Å². The molecule has 5 rings (SSSR count). The third-order valence-electron chi connectivity index (χ3n) is 5.75. The monoisotopic (exact) mass is 484 g/mol. The summed E-state index contributed by atoms with van der Waals surface area (Å²) in [4.78, 5) is 27.8. The van der Waals surface area contributed by atoms with Crippen LogP contribution in [0.5, 0.6) is 5.75 Å². The molecule has 0 saturated carbocycles. The number of nitro groups is 1. The number of hydrazone groups is 1. The van der Waals surface area contributed by atoms with E-state index in [-0.39, 0.29) is 17.0 Å². The Kier molecular flexibility index (Phi) is 6.15. The van der Waals surface area contributed by atoms with Crippen LogP contribution in [0.3, 0.4) is 0 Å². The number of nitrogens with zero attached hydrogens (tertiary/aromatic N) is 4. The molecule has 0 fully saturated rings. The van der Waals surface area contributed by atoms with Crippen LogP contribution < -0.4 is 4.74 Å². The lowest BCUT2D eigenvalue weighted by atomic mass is 9.98. The fourth-order valence-electron chi connectivity index (χ4n) is 4.00. The second-order valence-corrected chi connectivity index (χ2v) is 8.90. The molecule has 0 bridgehead atoms. The predicted molar refractivity (Wildman–Crippen MR) is 137 cm³/mol. The fraction of sp³-hybridized carbons (Fsp3) is 0.115. The van der Waals surface area contributed by atoms with Crippen molar-refractivity contribution < 1.29 is 14.5 Å². The molecule has 8 nitrogen and oxygen atoms in total. The Hall–Kier alpha value is -4.24. The largest absolute Gasteiger partial charge is 0.497 e. The summed E-state index contributed by atoms with van der Waals surface area (Å²) in [6.07, 6.45) is 2.44. The number of carbonyl (C=O) groups excluding carboxylic acids is 1. The zero-order valence-electron chi connectivity index (χ0n) is 18.7. The van der Waals surface area contributed by atoms with E-state index in [9.17, 15) is 14.9 Å². The lowest BCUT2D eigenvalue weighted by Gasteiger charge is -2.24. The normalized spacial score (nSPS) is 18.5. The van der Waals surface area contributed by atoms with Gasteiger partial charge < -0.3 is 4.74 Å². The molecule has 35 heavy (non-hydrogen) atoms. The van der Waals surface area contributed by atoms with E-state index in [0.29, 0.717) is 17.2 Å². The van der Waals surface area contributed by atoms with Gasteiger partial charge in [0.1, 0.15) is 5.75 Å². The number of carbonyl (C=O) groups is 1. The van der Waals surface area contributed by atoms with Crippen LogP contribution in [0.2, 0.25) is 0 Å². The van der Waals surface area contributed by atoms with Crippen LogP contribution in [0, 0.1) is 10.1 Å². The molecule has 0 radical (unpaired) electrons. The Labute approximate surface area is 205 Å². The van der Waals surface area contributed by atoms with Crippen molar-refractivity contribution >= 4 is 40.3 Å². The van der Waals surface area contributed by atoms with Gasteiger partial charge >= 0.3 is 5.24 Å². The first-order valence-electron chi connectivity index (χ1n) is 10.8. The first-order chi connectivity index (χ1) is 17.0. The van der Waals surface area contributed by atoms with Gasteiger partial charge in [0.25, 0.3) is 5.69 Å². The van der Waals surface area contributed by atoms with Crippen molar-refractivity contribution in [1.82, 2.24) is 5.01 Å². The number of ether oxygens (including phenoxy) is 1. The number of non-ortho nitro benzene ring substituents is 1. The van der Waals surface area contributed by atoms with Crippen LogP contribution >= 0.6 is 11.8 Å². The average molecular weight is 485 g/mol. The van der Waals surface area contributed by atoms with E-state index in [1.54, 1.807) is 30.3 Å². The highest BCUT2D eigenvalue weighted by molar-refractivity contribution is 8.18. The topological polar surface area (TPSA) is 97.4 Å². The second kappa shape index (κ2) is 9.55. The number of nitro benzene ring substituents is 1. The zero-order valence-corrected chi connectivity index (χ0v) is 19.5. The summed E-state index contributed by atoms with van der Waals surface area (Å²) in [5.41, 5.74) is 3.66. The standard InChI is InChI=1S/C26H20N4O4S/c1-34-21-13-9-19(10-14-21)23-16-22(18-5-3-2-4-6-18)28-29(23)25-24(35-26(31)27-25)15-17-7-11-20(12-8-17)30(32)33/h2-15,23H,16H2,1H3/b24-15-. The van der Waals surface area contributed by atoms with Crippen LogP contribution in [0.4, 0.5) is 10.5 Å². The third-order valence-corrected chi connectivity index (χ3v) is 6.54. The smallest absolute Gasteiger partial charge is 0.311 e. The minimum absolute atomic E-state index is 0.00686. The molecule has 0 spiro atoms. The van der Waals surface area contributed by atoms with Crippen LogP contribution in [0.15, 0.2) is 93.9 Å². The number of hydrogen-bond acceptors (Lipinski definition) is 7. The lowest BCUT2D eigenvalue weighted by Crippen LogP contribution is -2.26. The maximum Gasteiger partial charge on any atom is 0.311 e. The SMILES string of the molecule is COc1ccc(C2CC(c3ccccc3)=NN2C2=NC(=O)S/C2=C\c2ccc([N+](=O)[O-])cc2)cc1. The van der Waals surface area contributed by atoms with Crippen molar-refractivity contribution in [1.29, 1.82) is 0 Å².